The van der Waals surface area contributed by atoms with Gasteiger partial charge in [-0.1, -0.05) is 23.4 Å². The number of rotatable bonds is 7. The number of amides is 1. The fourth-order valence-electron chi connectivity index (χ4n) is 2.86. The number of carbonyl (C=O) groups is 2. The SMILES string of the molecule is Cc1cccc(-n2nnc(C(=O)NCC(Cc3ccccn3)C(=O)O)c2C)c1. The van der Waals surface area contributed by atoms with Crippen LogP contribution in [0, 0.1) is 19.8 Å². The third kappa shape index (κ3) is 4.40. The first-order chi connectivity index (χ1) is 13.5. The quantitative estimate of drug-likeness (QED) is 0.649. The Morgan fingerprint density at radius 2 is 2.00 bits per heavy atom. The lowest BCUT2D eigenvalue weighted by Gasteiger charge is -2.12. The van der Waals surface area contributed by atoms with Crippen molar-refractivity contribution in [2.75, 3.05) is 6.54 Å². The highest BCUT2D eigenvalue weighted by Crippen LogP contribution is 2.14. The summed E-state index contributed by atoms with van der Waals surface area (Å²) >= 11 is 0. The summed E-state index contributed by atoms with van der Waals surface area (Å²) < 4.78 is 1.59. The van der Waals surface area contributed by atoms with E-state index in [0.717, 1.165) is 11.3 Å². The number of nitrogens with zero attached hydrogens (tertiary/aromatic N) is 4. The number of hydrogen-bond donors (Lipinski definition) is 2. The molecule has 0 fully saturated rings. The maximum atomic E-state index is 12.5. The average Bonchev–Trinajstić information content (AvgIpc) is 3.07. The second-order valence-electron chi connectivity index (χ2n) is 6.54. The summed E-state index contributed by atoms with van der Waals surface area (Å²) in [6.45, 7) is 3.69. The van der Waals surface area contributed by atoms with E-state index in [4.69, 9.17) is 0 Å². The molecule has 2 heterocycles. The van der Waals surface area contributed by atoms with Crippen LogP contribution >= 0.6 is 0 Å². The molecule has 0 saturated carbocycles. The molecule has 8 heteroatoms. The summed E-state index contributed by atoms with van der Waals surface area (Å²) in [5.74, 6) is -2.24. The topological polar surface area (TPSA) is 110 Å². The Kier molecular flexibility index (Phi) is 5.78. The number of carbonyl (C=O) groups excluding carboxylic acids is 1. The van der Waals surface area contributed by atoms with Crippen molar-refractivity contribution >= 4 is 11.9 Å². The van der Waals surface area contributed by atoms with E-state index in [1.54, 1.807) is 36.0 Å². The lowest BCUT2D eigenvalue weighted by molar-refractivity contribution is -0.141. The summed E-state index contributed by atoms with van der Waals surface area (Å²) in [6, 6.07) is 13.0. The van der Waals surface area contributed by atoms with Crippen LogP contribution in [-0.4, -0.2) is 43.5 Å². The zero-order valence-electron chi connectivity index (χ0n) is 15.7. The minimum absolute atomic E-state index is 0.0263. The zero-order valence-corrected chi connectivity index (χ0v) is 15.7. The minimum atomic E-state index is -0.994. The Hall–Kier alpha value is -3.55. The van der Waals surface area contributed by atoms with Crippen molar-refractivity contribution in [2.24, 2.45) is 5.92 Å². The summed E-state index contributed by atoms with van der Waals surface area (Å²) in [7, 11) is 0. The molecule has 1 aromatic carbocycles. The number of aliphatic carboxylic acids is 1. The first-order valence-corrected chi connectivity index (χ1v) is 8.86. The van der Waals surface area contributed by atoms with Gasteiger partial charge in [0.1, 0.15) is 0 Å². The number of hydrogen-bond acceptors (Lipinski definition) is 5. The minimum Gasteiger partial charge on any atom is -0.481 e. The standard InChI is InChI=1S/C20H21N5O3/c1-13-6-5-8-17(10-13)25-14(2)18(23-24-25)19(26)22-12-15(20(27)28)11-16-7-3-4-9-21-16/h3-10,15H,11-12H2,1-2H3,(H,22,26)(H,27,28). The average molecular weight is 379 g/mol. The van der Waals surface area contributed by atoms with Gasteiger partial charge in [0, 0.05) is 24.9 Å². The molecule has 28 heavy (non-hydrogen) atoms. The van der Waals surface area contributed by atoms with Gasteiger partial charge in [-0.3, -0.25) is 14.6 Å². The van der Waals surface area contributed by atoms with E-state index in [2.05, 4.69) is 20.6 Å². The molecular formula is C20H21N5O3. The maximum absolute atomic E-state index is 12.5. The van der Waals surface area contributed by atoms with Crippen LogP contribution in [0.3, 0.4) is 0 Å². The van der Waals surface area contributed by atoms with Crippen molar-refractivity contribution in [1.29, 1.82) is 0 Å². The van der Waals surface area contributed by atoms with Crippen molar-refractivity contribution in [2.45, 2.75) is 20.3 Å². The molecule has 0 saturated heterocycles. The number of pyridine rings is 1. The van der Waals surface area contributed by atoms with Crippen LogP contribution in [0.25, 0.3) is 5.69 Å². The third-order valence-electron chi connectivity index (χ3n) is 4.40. The fraction of sp³-hybridized carbons (Fsp3) is 0.250. The second kappa shape index (κ2) is 8.43. The monoisotopic (exact) mass is 379 g/mol. The van der Waals surface area contributed by atoms with E-state index >= 15 is 0 Å². The van der Waals surface area contributed by atoms with Gasteiger partial charge in [-0.15, -0.1) is 5.10 Å². The largest absolute Gasteiger partial charge is 0.481 e. The van der Waals surface area contributed by atoms with Gasteiger partial charge < -0.3 is 10.4 Å². The first kappa shape index (κ1) is 19.2. The molecule has 144 valence electrons. The van der Waals surface area contributed by atoms with Crippen molar-refractivity contribution in [3.8, 4) is 5.69 Å². The van der Waals surface area contributed by atoms with Crippen molar-refractivity contribution < 1.29 is 14.7 Å². The molecule has 0 spiro atoms. The van der Waals surface area contributed by atoms with E-state index in [1.807, 2.05) is 31.2 Å². The molecular weight excluding hydrogens is 358 g/mol. The predicted octanol–water partition coefficient (Wildman–Crippen LogP) is 1.95. The van der Waals surface area contributed by atoms with Crippen LogP contribution in [0.5, 0.6) is 0 Å². The van der Waals surface area contributed by atoms with Gasteiger partial charge in [-0.05, 0) is 43.7 Å². The van der Waals surface area contributed by atoms with Crippen LogP contribution < -0.4 is 5.32 Å². The molecule has 3 aromatic rings. The normalized spacial score (nSPS) is 11.8. The Labute approximate surface area is 162 Å². The summed E-state index contributed by atoms with van der Waals surface area (Å²) in [5, 5.41) is 20.1. The summed E-state index contributed by atoms with van der Waals surface area (Å²) in [6.07, 6.45) is 1.84. The highest BCUT2D eigenvalue weighted by molar-refractivity contribution is 5.93. The van der Waals surface area contributed by atoms with Crippen LogP contribution in [0.15, 0.2) is 48.7 Å². The van der Waals surface area contributed by atoms with E-state index in [-0.39, 0.29) is 18.7 Å². The highest BCUT2D eigenvalue weighted by atomic mass is 16.4. The molecule has 0 radical (unpaired) electrons. The van der Waals surface area contributed by atoms with E-state index in [0.29, 0.717) is 11.4 Å². The fourth-order valence-corrected chi connectivity index (χ4v) is 2.86. The van der Waals surface area contributed by atoms with Crippen molar-refractivity contribution in [3.05, 3.63) is 71.3 Å². The number of carboxylic acid groups (broad SMARTS) is 1. The second-order valence-corrected chi connectivity index (χ2v) is 6.54. The van der Waals surface area contributed by atoms with Crippen LogP contribution in [0.2, 0.25) is 0 Å². The Morgan fingerprint density at radius 1 is 1.18 bits per heavy atom. The van der Waals surface area contributed by atoms with E-state index < -0.39 is 17.8 Å². The smallest absolute Gasteiger partial charge is 0.308 e. The lowest BCUT2D eigenvalue weighted by Crippen LogP contribution is -2.34. The molecule has 0 bridgehead atoms. The molecule has 1 unspecified atom stereocenters. The summed E-state index contributed by atoms with van der Waals surface area (Å²) in [4.78, 5) is 28.2. The Balaban J connectivity index is 1.70. The van der Waals surface area contributed by atoms with Gasteiger partial charge in [0.05, 0.1) is 17.3 Å². The van der Waals surface area contributed by atoms with E-state index in [1.165, 1.54) is 0 Å². The molecule has 3 rings (SSSR count). The Bertz CT molecular complexity index is 985. The molecule has 0 aliphatic rings. The molecule has 1 amide bonds. The van der Waals surface area contributed by atoms with Gasteiger partial charge in [0.2, 0.25) is 0 Å². The molecule has 0 aliphatic heterocycles. The third-order valence-corrected chi connectivity index (χ3v) is 4.40. The molecule has 1 atom stereocenters. The van der Waals surface area contributed by atoms with Gasteiger partial charge in [0.25, 0.3) is 5.91 Å². The Morgan fingerprint density at radius 3 is 2.68 bits per heavy atom. The molecule has 8 nitrogen and oxygen atoms in total. The number of aryl methyl sites for hydroxylation is 1. The first-order valence-electron chi connectivity index (χ1n) is 8.86. The summed E-state index contributed by atoms with van der Waals surface area (Å²) in [5.41, 5.74) is 3.29. The number of nitrogens with one attached hydrogen (secondary N) is 1. The van der Waals surface area contributed by atoms with E-state index in [9.17, 15) is 14.7 Å². The maximum Gasteiger partial charge on any atom is 0.308 e. The molecule has 2 aromatic heterocycles. The predicted molar refractivity (Wildman–Crippen MR) is 102 cm³/mol. The lowest BCUT2D eigenvalue weighted by atomic mass is 10.0. The molecule has 2 N–H and O–H groups in total. The van der Waals surface area contributed by atoms with Crippen LogP contribution in [0.1, 0.15) is 27.4 Å². The molecule has 0 aliphatic carbocycles. The van der Waals surface area contributed by atoms with Crippen molar-refractivity contribution in [1.82, 2.24) is 25.3 Å². The van der Waals surface area contributed by atoms with Crippen LogP contribution in [-0.2, 0) is 11.2 Å². The van der Waals surface area contributed by atoms with Crippen LogP contribution in [0.4, 0.5) is 0 Å². The number of aromatic nitrogens is 4. The highest BCUT2D eigenvalue weighted by Gasteiger charge is 2.22. The van der Waals surface area contributed by atoms with Gasteiger partial charge in [-0.25, -0.2) is 4.68 Å². The number of benzene rings is 1. The van der Waals surface area contributed by atoms with Gasteiger partial charge >= 0.3 is 5.97 Å². The van der Waals surface area contributed by atoms with Gasteiger partial charge in [0.15, 0.2) is 5.69 Å². The number of carboxylic acids is 1. The van der Waals surface area contributed by atoms with Crippen molar-refractivity contribution in [3.63, 3.8) is 0 Å². The van der Waals surface area contributed by atoms with Gasteiger partial charge in [-0.2, -0.15) is 0 Å². The zero-order chi connectivity index (χ0) is 20.1.